The van der Waals surface area contributed by atoms with Gasteiger partial charge in [0.25, 0.3) is 5.91 Å². The normalized spacial score (nSPS) is 12.4. The molecule has 0 aromatic heterocycles. The lowest BCUT2D eigenvalue weighted by Gasteiger charge is -2.28. The van der Waals surface area contributed by atoms with E-state index in [0.29, 0.717) is 41.2 Å². The zero-order valence-corrected chi connectivity index (χ0v) is 20.1. The zero-order chi connectivity index (χ0) is 24.7. The second kappa shape index (κ2) is 11.5. The molecule has 180 valence electrons. The number of aliphatic hydroxyl groups excluding tert-OH is 2. The summed E-state index contributed by atoms with van der Waals surface area (Å²) in [5.74, 6) is -0.145. The van der Waals surface area contributed by atoms with Gasteiger partial charge in [-0.25, -0.2) is 0 Å². The molecule has 34 heavy (non-hydrogen) atoms. The highest BCUT2D eigenvalue weighted by Crippen LogP contribution is 2.23. The van der Waals surface area contributed by atoms with E-state index in [-0.39, 0.29) is 23.8 Å². The minimum atomic E-state index is -0.796. The van der Waals surface area contributed by atoms with Gasteiger partial charge >= 0.3 is 0 Å². The summed E-state index contributed by atoms with van der Waals surface area (Å²) in [7, 11) is 0. The van der Waals surface area contributed by atoms with Crippen LogP contribution in [0.4, 0.5) is 0 Å². The van der Waals surface area contributed by atoms with Gasteiger partial charge in [0.2, 0.25) is 0 Å². The van der Waals surface area contributed by atoms with Crippen molar-refractivity contribution >= 4 is 17.5 Å². The lowest BCUT2D eigenvalue weighted by atomic mass is 9.93. The summed E-state index contributed by atoms with van der Waals surface area (Å²) < 4.78 is 0. The Bertz CT molecular complexity index is 1120. The minimum absolute atomic E-state index is 0.00354. The average molecular weight is 483 g/mol. The summed E-state index contributed by atoms with van der Waals surface area (Å²) in [4.78, 5) is 12.6. The quantitative estimate of drug-likeness (QED) is 0.299. The summed E-state index contributed by atoms with van der Waals surface area (Å²) in [5, 5.41) is 36.6. The van der Waals surface area contributed by atoms with Crippen molar-refractivity contribution in [2.45, 2.75) is 45.1 Å². The van der Waals surface area contributed by atoms with E-state index >= 15 is 0 Å². The molecule has 5 N–H and O–H groups in total. The van der Waals surface area contributed by atoms with Crippen molar-refractivity contribution in [1.29, 1.82) is 0 Å². The number of hydrogen-bond donors (Lipinski definition) is 5. The van der Waals surface area contributed by atoms with E-state index in [1.54, 1.807) is 30.3 Å². The van der Waals surface area contributed by atoms with Crippen LogP contribution in [0.1, 0.15) is 52.6 Å². The first-order valence-corrected chi connectivity index (χ1v) is 11.5. The highest BCUT2D eigenvalue weighted by atomic mass is 35.5. The largest absolute Gasteiger partial charge is 0.508 e. The van der Waals surface area contributed by atoms with Gasteiger partial charge in [-0.1, -0.05) is 41.9 Å². The fraction of sp³-hybridized carbons (Fsp3) is 0.296. The van der Waals surface area contributed by atoms with Crippen molar-refractivity contribution in [3.05, 3.63) is 99.6 Å². The predicted octanol–water partition coefficient (Wildman–Crippen LogP) is 4.11. The van der Waals surface area contributed by atoms with E-state index in [4.69, 9.17) is 11.6 Å². The number of halogens is 1. The summed E-state index contributed by atoms with van der Waals surface area (Å²) in [5.41, 5.74) is 3.20. The number of aliphatic hydroxyl groups is 2. The van der Waals surface area contributed by atoms with E-state index < -0.39 is 6.10 Å². The van der Waals surface area contributed by atoms with Crippen LogP contribution in [0.2, 0.25) is 5.02 Å². The van der Waals surface area contributed by atoms with E-state index in [9.17, 15) is 20.1 Å². The van der Waals surface area contributed by atoms with Crippen LogP contribution in [0, 0.1) is 0 Å². The lowest BCUT2D eigenvalue weighted by Crippen LogP contribution is -2.43. The Morgan fingerprint density at radius 1 is 1.03 bits per heavy atom. The number of carbonyl (C=O) groups is 1. The lowest BCUT2D eigenvalue weighted by molar-refractivity contribution is 0.0950. The van der Waals surface area contributed by atoms with Crippen LogP contribution in [0.5, 0.6) is 5.75 Å². The predicted molar refractivity (Wildman–Crippen MR) is 134 cm³/mol. The summed E-state index contributed by atoms with van der Waals surface area (Å²) in [6.07, 6.45) is -0.148. The van der Waals surface area contributed by atoms with Crippen molar-refractivity contribution in [2.24, 2.45) is 0 Å². The van der Waals surface area contributed by atoms with Crippen LogP contribution >= 0.6 is 11.6 Å². The van der Waals surface area contributed by atoms with Crippen molar-refractivity contribution in [2.75, 3.05) is 6.54 Å². The molecule has 0 saturated heterocycles. The first-order valence-electron chi connectivity index (χ1n) is 11.1. The van der Waals surface area contributed by atoms with Crippen molar-refractivity contribution < 1.29 is 20.1 Å². The number of nitrogens with one attached hydrogen (secondary N) is 2. The number of hydrogen-bond acceptors (Lipinski definition) is 5. The maximum Gasteiger partial charge on any atom is 0.251 e. The average Bonchev–Trinajstić information content (AvgIpc) is 2.82. The Labute approximate surface area is 205 Å². The first kappa shape index (κ1) is 25.7. The highest BCUT2D eigenvalue weighted by Gasteiger charge is 2.21. The minimum Gasteiger partial charge on any atom is -0.508 e. The standard InChI is InChI=1S/C27H31ClN2O4/c1-27(2,30-16-25(33)20-8-11-24(32)22(13-20)17-31)14-19-4-3-5-21(12-19)26(34)29-15-18-6-9-23(28)10-7-18/h3-13,25,30-33H,14-17H2,1-2H3,(H,29,34)/t25-/m1/s1. The molecule has 6 nitrogen and oxygen atoms in total. The van der Waals surface area contributed by atoms with Crippen LogP contribution in [0.25, 0.3) is 0 Å². The van der Waals surface area contributed by atoms with Gasteiger partial charge in [-0.3, -0.25) is 4.79 Å². The van der Waals surface area contributed by atoms with E-state index in [1.807, 2.05) is 44.2 Å². The van der Waals surface area contributed by atoms with E-state index in [0.717, 1.165) is 11.1 Å². The molecule has 0 heterocycles. The molecule has 0 bridgehead atoms. The number of amides is 1. The van der Waals surface area contributed by atoms with Gasteiger partial charge in [0.15, 0.2) is 0 Å². The maximum atomic E-state index is 12.6. The van der Waals surface area contributed by atoms with Gasteiger partial charge in [-0.15, -0.1) is 0 Å². The molecule has 1 amide bonds. The second-order valence-electron chi connectivity index (χ2n) is 9.01. The Balaban J connectivity index is 1.57. The van der Waals surface area contributed by atoms with E-state index in [1.165, 1.54) is 6.07 Å². The van der Waals surface area contributed by atoms with Crippen molar-refractivity contribution in [3.8, 4) is 5.75 Å². The van der Waals surface area contributed by atoms with Gasteiger partial charge in [0.05, 0.1) is 12.7 Å². The van der Waals surface area contributed by atoms with Crippen LogP contribution in [0.15, 0.2) is 66.7 Å². The first-order chi connectivity index (χ1) is 16.2. The van der Waals surface area contributed by atoms with Crippen LogP contribution < -0.4 is 10.6 Å². The molecule has 3 rings (SSSR count). The molecule has 0 saturated carbocycles. The molecule has 0 radical (unpaired) electrons. The number of phenols is 1. The highest BCUT2D eigenvalue weighted by molar-refractivity contribution is 6.30. The molecule has 0 aliphatic carbocycles. The molecule has 0 unspecified atom stereocenters. The molecule has 3 aromatic rings. The van der Waals surface area contributed by atoms with E-state index in [2.05, 4.69) is 10.6 Å². The zero-order valence-electron chi connectivity index (χ0n) is 19.4. The third-order valence-corrected chi connectivity index (χ3v) is 5.89. The number of benzene rings is 3. The Morgan fingerprint density at radius 3 is 2.47 bits per heavy atom. The number of carbonyl (C=O) groups excluding carboxylic acids is 1. The third kappa shape index (κ3) is 7.30. The van der Waals surface area contributed by atoms with Gasteiger partial charge in [0.1, 0.15) is 5.75 Å². The maximum absolute atomic E-state index is 12.6. The van der Waals surface area contributed by atoms with Gasteiger partial charge in [-0.2, -0.15) is 0 Å². The van der Waals surface area contributed by atoms with Crippen molar-refractivity contribution in [3.63, 3.8) is 0 Å². The summed E-state index contributed by atoms with van der Waals surface area (Å²) >= 11 is 5.90. The van der Waals surface area contributed by atoms with Crippen LogP contribution in [-0.4, -0.2) is 33.3 Å². The molecule has 0 aliphatic heterocycles. The molecular formula is C27H31ClN2O4. The second-order valence-corrected chi connectivity index (χ2v) is 9.45. The topological polar surface area (TPSA) is 102 Å². The fourth-order valence-electron chi connectivity index (χ4n) is 3.71. The molecular weight excluding hydrogens is 452 g/mol. The molecule has 0 fully saturated rings. The van der Waals surface area contributed by atoms with Crippen LogP contribution in [-0.2, 0) is 19.6 Å². The third-order valence-electron chi connectivity index (χ3n) is 5.63. The van der Waals surface area contributed by atoms with Gasteiger partial charge in [0, 0.05) is 34.8 Å². The fourth-order valence-corrected chi connectivity index (χ4v) is 3.84. The monoisotopic (exact) mass is 482 g/mol. The number of β-amino-alcohol motifs (C(OH)–C–C–N with tert-alkyl or cyclic N) is 1. The molecule has 3 aromatic carbocycles. The summed E-state index contributed by atoms with van der Waals surface area (Å²) in [6.45, 7) is 4.48. The smallest absolute Gasteiger partial charge is 0.251 e. The van der Waals surface area contributed by atoms with Gasteiger partial charge in [-0.05, 0) is 73.4 Å². The Morgan fingerprint density at radius 2 is 1.76 bits per heavy atom. The Kier molecular flexibility index (Phi) is 8.69. The van der Waals surface area contributed by atoms with Crippen LogP contribution in [0.3, 0.4) is 0 Å². The number of rotatable bonds is 10. The molecule has 0 spiro atoms. The van der Waals surface area contributed by atoms with Gasteiger partial charge < -0.3 is 26.0 Å². The SMILES string of the molecule is CC(C)(Cc1cccc(C(=O)NCc2ccc(Cl)cc2)c1)NC[C@@H](O)c1ccc(O)c(CO)c1. The summed E-state index contributed by atoms with van der Waals surface area (Å²) in [6, 6.07) is 19.6. The molecule has 1 atom stereocenters. The molecule has 7 heteroatoms. The number of aromatic hydroxyl groups is 1. The van der Waals surface area contributed by atoms with Crippen molar-refractivity contribution in [1.82, 2.24) is 10.6 Å². The molecule has 0 aliphatic rings. The Hall–Kier alpha value is -2.90.